The quantitative estimate of drug-likeness (QED) is 0.320. The van der Waals surface area contributed by atoms with Crippen LogP contribution in [0.2, 0.25) is 0 Å². The van der Waals surface area contributed by atoms with Crippen LogP contribution in [0.3, 0.4) is 0 Å². The topological polar surface area (TPSA) is 30.9 Å². The third-order valence-electron chi connectivity index (χ3n) is 6.42. The molecule has 3 atom stereocenters. The second-order valence-electron chi connectivity index (χ2n) is 9.01. The van der Waals surface area contributed by atoms with Crippen molar-refractivity contribution in [3.8, 4) is 0 Å². The Bertz CT molecular complexity index is 935. The van der Waals surface area contributed by atoms with E-state index in [1.807, 2.05) is 18.2 Å². The zero-order valence-corrected chi connectivity index (χ0v) is 20.2. The third-order valence-corrected chi connectivity index (χ3v) is 6.42. The van der Waals surface area contributed by atoms with Crippen molar-refractivity contribution in [2.75, 3.05) is 19.7 Å². The lowest BCUT2D eigenvalue weighted by Gasteiger charge is -2.28. The maximum absolute atomic E-state index is 6.57. The van der Waals surface area contributed by atoms with Gasteiger partial charge in [0.05, 0.1) is 38.6 Å². The molecule has 0 unspecified atom stereocenters. The van der Waals surface area contributed by atoms with Gasteiger partial charge in [-0.1, -0.05) is 104 Å². The van der Waals surface area contributed by atoms with Gasteiger partial charge in [-0.05, 0) is 29.7 Å². The van der Waals surface area contributed by atoms with Crippen molar-refractivity contribution in [1.82, 2.24) is 4.90 Å². The van der Waals surface area contributed by atoms with Gasteiger partial charge in [-0.3, -0.25) is 4.90 Å². The highest BCUT2D eigenvalue weighted by molar-refractivity contribution is 5.15. The molecule has 0 N–H and O–H groups in total. The molecule has 1 saturated heterocycles. The van der Waals surface area contributed by atoms with Gasteiger partial charge in [0.25, 0.3) is 0 Å². The first kappa shape index (κ1) is 24.6. The molecule has 0 aromatic heterocycles. The molecule has 1 fully saturated rings. The molecular weight excluding hydrogens is 422 g/mol. The largest absolute Gasteiger partial charge is 0.375 e. The molecule has 0 saturated carbocycles. The number of rotatable bonds is 13. The van der Waals surface area contributed by atoms with E-state index in [1.54, 1.807) is 0 Å². The summed E-state index contributed by atoms with van der Waals surface area (Å²) >= 11 is 0. The van der Waals surface area contributed by atoms with E-state index in [2.05, 4.69) is 84.6 Å². The Morgan fingerprint density at radius 2 is 1.24 bits per heavy atom. The van der Waals surface area contributed by atoms with Gasteiger partial charge < -0.3 is 14.2 Å². The van der Waals surface area contributed by atoms with Crippen LogP contribution in [0.5, 0.6) is 0 Å². The van der Waals surface area contributed by atoms with Crippen molar-refractivity contribution in [1.29, 1.82) is 0 Å². The summed E-state index contributed by atoms with van der Waals surface area (Å²) in [6.45, 7) is 6.55. The maximum atomic E-state index is 6.57. The molecule has 3 aromatic carbocycles. The Labute approximate surface area is 204 Å². The van der Waals surface area contributed by atoms with E-state index in [-0.39, 0.29) is 18.2 Å². The first-order chi connectivity index (χ1) is 16.8. The fourth-order valence-corrected chi connectivity index (χ4v) is 4.53. The van der Waals surface area contributed by atoms with Crippen molar-refractivity contribution >= 4 is 0 Å². The summed E-state index contributed by atoms with van der Waals surface area (Å²) in [5.41, 5.74) is 3.56. The first-order valence-electron chi connectivity index (χ1n) is 12.5. The summed E-state index contributed by atoms with van der Waals surface area (Å²) in [6.07, 6.45) is 2.29. The lowest BCUT2D eigenvalue weighted by atomic mass is 10.1. The van der Waals surface area contributed by atoms with Crippen LogP contribution in [-0.4, -0.2) is 42.8 Å². The van der Waals surface area contributed by atoms with Crippen LogP contribution in [-0.2, 0) is 34.0 Å². The monoisotopic (exact) mass is 459 g/mol. The average molecular weight is 460 g/mol. The van der Waals surface area contributed by atoms with Gasteiger partial charge >= 0.3 is 0 Å². The molecule has 1 heterocycles. The summed E-state index contributed by atoms with van der Waals surface area (Å²) in [4.78, 5) is 2.51. The highest BCUT2D eigenvalue weighted by atomic mass is 16.5. The van der Waals surface area contributed by atoms with E-state index in [4.69, 9.17) is 14.2 Å². The molecule has 0 amide bonds. The highest BCUT2D eigenvalue weighted by Gasteiger charge is 2.43. The van der Waals surface area contributed by atoms with Crippen LogP contribution in [0.25, 0.3) is 0 Å². The van der Waals surface area contributed by atoms with Crippen molar-refractivity contribution in [3.63, 3.8) is 0 Å². The van der Waals surface area contributed by atoms with E-state index in [1.165, 1.54) is 23.1 Å². The van der Waals surface area contributed by atoms with Gasteiger partial charge in [-0.15, -0.1) is 0 Å². The second kappa shape index (κ2) is 13.4. The molecule has 1 aliphatic heterocycles. The Morgan fingerprint density at radius 3 is 1.79 bits per heavy atom. The van der Waals surface area contributed by atoms with Crippen LogP contribution in [0.4, 0.5) is 0 Å². The van der Waals surface area contributed by atoms with E-state index in [0.29, 0.717) is 26.4 Å². The number of hydrogen-bond acceptors (Lipinski definition) is 4. The molecular formula is C30H37NO3. The van der Waals surface area contributed by atoms with Gasteiger partial charge in [0, 0.05) is 6.54 Å². The normalized spacial score (nSPS) is 20.6. The Balaban J connectivity index is 1.45. The van der Waals surface area contributed by atoms with Crippen LogP contribution in [0.1, 0.15) is 36.5 Å². The zero-order chi connectivity index (χ0) is 23.4. The Morgan fingerprint density at radius 1 is 0.706 bits per heavy atom. The average Bonchev–Trinajstić information content (AvgIpc) is 3.23. The molecule has 4 rings (SSSR count). The summed E-state index contributed by atoms with van der Waals surface area (Å²) < 4.78 is 19.3. The lowest BCUT2D eigenvalue weighted by molar-refractivity contribution is -0.0817. The Hall–Kier alpha value is -2.50. The molecule has 0 radical (unpaired) electrons. The SMILES string of the molecule is CCCCN1C[C@@H](OCc2ccccc2)[C@H](OCc2ccccc2)[C@H]1COCc1ccccc1. The number of benzene rings is 3. The van der Waals surface area contributed by atoms with Crippen molar-refractivity contribution in [3.05, 3.63) is 108 Å². The van der Waals surface area contributed by atoms with E-state index in [9.17, 15) is 0 Å². The molecule has 3 aromatic rings. The molecule has 4 heteroatoms. The number of hydrogen-bond donors (Lipinski definition) is 0. The standard InChI is InChI=1S/C30H37NO3/c1-2-3-19-31-20-29(33-22-26-15-9-5-10-16-26)30(34-23-27-17-11-6-12-18-27)28(31)24-32-21-25-13-7-4-8-14-25/h4-18,28-30H,2-3,19-24H2,1H3/t28-,29-,30-/m1/s1. The molecule has 0 aliphatic carbocycles. The van der Waals surface area contributed by atoms with Gasteiger partial charge in [0.1, 0.15) is 6.10 Å². The second-order valence-corrected chi connectivity index (χ2v) is 9.01. The van der Waals surface area contributed by atoms with E-state index in [0.717, 1.165) is 19.5 Å². The maximum Gasteiger partial charge on any atom is 0.103 e. The van der Waals surface area contributed by atoms with Gasteiger partial charge in [-0.2, -0.15) is 0 Å². The minimum absolute atomic E-state index is 0.00565. The molecule has 0 bridgehead atoms. The number of likely N-dealkylation sites (tertiary alicyclic amines) is 1. The van der Waals surface area contributed by atoms with Crippen LogP contribution >= 0.6 is 0 Å². The Kier molecular flexibility index (Phi) is 9.71. The van der Waals surface area contributed by atoms with Gasteiger partial charge in [0.2, 0.25) is 0 Å². The predicted octanol–water partition coefficient (Wildman–Crippen LogP) is 5.86. The van der Waals surface area contributed by atoms with Crippen molar-refractivity contribution < 1.29 is 14.2 Å². The van der Waals surface area contributed by atoms with Crippen LogP contribution in [0, 0.1) is 0 Å². The fourth-order valence-electron chi connectivity index (χ4n) is 4.53. The number of ether oxygens (including phenoxy) is 3. The summed E-state index contributed by atoms with van der Waals surface area (Å²) in [5, 5.41) is 0. The molecule has 180 valence electrons. The summed E-state index contributed by atoms with van der Waals surface area (Å²) in [7, 11) is 0. The van der Waals surface area contributed by atoms with Gasteiger partial charge in [0.15, 0.2) is 0 Å². The zero-order valence-electron chi connectivity index (χ0n) is 20.2. The van der Waals surface area contributed by atoms with Gasteiger partial charge in [-0.25, -0.2) is 0 Å². The molecule has 4 nitrogen and oxygen atoms in total. The minimum atomic E-state index is -0.0449. The van der Waals surface area contributed by atoms with Crippen LogP contribution < -0.4 is 0 Å². The molecule has 0 spiro atoms. The highest BCUT2D eigenvalue weighted by Crippen LogP contribution is 2.27. The third kappa shape index (κ3) is 7.25. The summed E-state index contributed by atoms with van der Waals surface area (Å²) in [5.74, 6) is 0. The molecule has 34 heavy (non-hydrogen) atoms. The summed E-state index contributed by atoms with van der Waals surface area (Å²) in [6, 6.07) is 31.3. The fraction of sp³-hybridized carbons (Fsp3) is 0.400. The minimum Gasteiger partial charge on any atom is -0.375 e. The first-order valence-corrected chi connectivity index (χ1v) is 12.5. The molecule has 1 aliphatic rings. The van der Waals surface area contributed by atoms with E-state index < -0.39 is 0 Å². The van der Waals surface area contributed by atoms with Crippen molar-refractivity contribution in [2.45, 2.75) is 57.8 Å². The number of unbranched alkanes of at least 4 members (excludes halogenated alkanes) is 1. The van der Waals surface area contributed by atoms with Crippen molar-refractivity contribution in [2.24, 2.45) is 0 Å². The van der Waals surface area contributed by atoms with Crippen LogP contribution in [0.15, 0.2) is 91.0 Å². The predicted molar refractivity (Wildman–Crippen MR) is 136 cm³/mol. The lowest BCUT2D eigenvalue weighted by Crippen LogP contribution is -2.42. The number of nitrogens with zero attached hydrogens (tertiary/aromatic N) is 1. The van der Waals surface area contributed by atoms with E-state index >= 15 is 0 Å². The smallest absolute Gasteiger partial charge is 0.103 e.